The molecule has 1 atom stereocenters. The van der Waals surface area contributed by atoms with Gasteiger partial charge in [-0.3, -0.25) is 9.59 Å². The first-order valence-electron chi connectivity index (χ1n) is 10.6. The predicted molar refractivity (Wildman–Crippen MR) is 143 cm³/mol. The summed E-state index contributed by atoms with van der Waals surface area (Å²) in [6, 6.07) is 9.11. The van der Waals surface area contributed by atoms with Gasteiger partial charge in [0.05, 0.1) is 22.4 Å². The lowest BCUT2D eigenvalue weighted by atomic mass is 10.0. The number of nitrogens with zero attached hydrogens (tertiary/aromatic N) is 3. The molecule has 0 bridgehead atoms. The Morgan fingerprint density at radius 2 is 1.69 bits per heavy atom. The van der Waals surface area contributed by atoms with Crippen LogP contribution in [0.1, 0.15) is 42.5 Å². The van der Waals surface area contributed by atoms with Gasteiger partial charge in [-0.05, 0) is 48.7 Å². The second-order valence-corrected chi connectivity index (χ2v) is 10.8. The molecule has 0 aliphatic heterocycles. The third-order valence-electron chi connectivity index (χ3n) is 4.85. The number of thioether (sulfide) groups is 1. The number of nitrogens with one attached hydrogen (secondary N) is 2. The van der Waals surface area contributed by atoms with E-state index in [9.17, 15) is 9.59 Å². The Kier molecular flexibility index (Phi) is 9.72. The molecule has 0 aliphatic carbocycles. The van der Waals surface area contributed by atoms with Gasteiger partial charge >= 0.3 is 0 Å². The molecule has 2 amide bonds. The number of rotatable bonds is 9. The maximum atomic E-state index is 12.9. The average molecular weight is 575 g/mol. The molecule has 0 unspecified atom stereocenters. The number of benzene rings is 2. The second-order valence-electron chi connectivity index (χ2n) is 8.17. The van der Waals surface area contributed by atoms with Gasteiger partial charge in [-0.25, -0.2) is 0 Å². The number of amides is 2. The van der Waals surface area contributed by atoms with E-state index in [1.807, 2.05) is 13.8 Å². The van der Waals surface area contributed by atoms with Crippen molar-refractivity contribution >= 4 is 75.7 Å². The van der Waals surface area contributed by atoms with Crippen LogP contribution in [0, 0.1) is 5.92 Å². The normalized spacial score (nSPS) is 12.0. The van der Waals surface area contributed by atoms with Crippen LogP contribution in [0.2, 0.25) is 20.1 Å². The van der Waals surface area contributed by atoms with E-state index in [4.69, 9.17) is 46.4 Å². The summed E-state index contributed by atoms with van der Waals surface area (Å²) < 4.78 is 1.77. The van der Waals surface area contributed by atoms with E-state index in [1.54, 1.807) is 41.9 Å². The summed E-state index contributed by atoms with van der Waals surface area (Å²) in [5.74, 6) is 0.347. The van der Waals surface area contributed by atoms with Gasteiger partial charge < -0.3 is 15.2 Å². The Morgan fingerprint density at radius 1 is 1.00 bits per heavy atom. The van der Waals surface area contributed by atoms with Crippen molar-refractivity contribution in [2.45, 2.75) is 31.5 Å². The van der Waals surface area contributed by atoms with Crippen molar-refractivity contribution in [1.82, 2.24) is 20.1 Å². The van der Waals surface area contributed by atoms with E-state index in [-0.39, 0.29) is 28.5 Å². The van der Waals surface area contributed by atoms with Crippen molar-refractivity contribution in [2.75, 3.05) is 11.1 Å². The zero-order chi connectivity index (χ0) is 25.7. The van der Waals surface area contributed by atoms with Crippen molar-refractivity contribution in [2.24, 2.45) is 13.0 Å². The van der Waals surface area contributed by atoms with Gasteiger partial charge in [-0.1, -0.05) is 72.0 Å². The van der Waals surface area contributed by atoms with Crippen LogP contribution in [0.25, 0.3) is 0 Å². The second kappa shape index (κ2) is 12.3. The van der Waals surface area contributed by atoms with Crippen molar-refractivity contribution in [1.29, 1.82) is 0 Å². The molecule has 0 aliphatic rings. The molecule has 0 saturated carbocycles. The molecule has 0 fully saturated rings. The predicted octanol–water partition coefficient (Wildman–Crippen LogP) is 6.68. The lowest BCUT2D eigenvalue weighted by molar-refractivity contribution is -0.113. The number of aromatic nitrogens is 3. The van der Waals surface area contributed by atoms with E-state index in [0.717, 1.165) is 0 Å². The van der Waals surface area contributed by atoms with Crippen LogP contribution < -0.4 is 10.6 Å². The van der Waals surface area contributed by atoms with Crippen LogP contribution in [0.15, 0.2) is 41.6 Å². The van der Waals surface area contributed by atoms with Crippen molar-refractivity contribution in [3.63, 3.8) is 0 Å². The van der Waals surface area contributed by atoms with E-state index in [2.05, 4.69) is 20.8 Å². The Bertz CT molecular complexity index is 1210. The summed E-state index contributed by atoms with van der Waals surface area (Å²) in [4.78, 5) is 25.3. The topological polar surface area (TPSA) is 88.9 Å². The van der Waals surface area contributed by atoms with Crippen molar-refractivity contribution in [3.05, 3.63) is 67.9 Å². The standard InChI is InChI=1S/C23H23Cl4N5O2S/c1-12(2)6-19(29-22(34)17-5-4-13(24)10-18(17)27)21-30-31-23(32(21)3)35-11-20(33)28-16-8-14(25)7-15(26)9-16/h4-5,7-10,12,19H,6,11H2,1-3H3,(H,28,33)(H,29,34)/t19-/m0/s1. The van der Waals surface area contributed by atoms with Gasteiger partial charge in [0.25, 0.3) is 5.91 Å². The third-order valence-corrected chi connectivity index (χ3v) is 6.85. The van der Waals surface area contributed by atoms with Crippen LogP contribution in [0.3, 0.4) is 0 Å². The first-order valence-corrected chi connectivity index (χ1v) is 13.1. The lowest BCUT2D eigenvalue weighted by Gasteiger charge is -2.20. The molecule has 3 rings (SSSR count). The molecule has 2 aromatic carbocycles. The summed E-state index contributed by atoms with van der Waals surface area (Å²) in [6.07, 6.45) is 0.629. The van der Waals surface area contributed by atoms with Gasteiger partial charge in [-0.2, -0.15) is 0 Å². The molecule has 2 N–H and O–H groups in total. The number of hydrogen-bond donors (Lipinski definition) is 2. The van der Waals surface area contributed by atoms with E-state index >= 15 is 0 Å². The minimum absolute atomic E-state index is 0.0949. The largest absolute Gasteiger partial charge is 0.342 e. The highest BCUT2D eigenvalue weighted by atomic mass is 35.5. The number of carbonyl (C=O) groups excluding carboxylic acids is 2. The first-order chi connectivity index (χ1) is 16.5. The first kappa shape index (κ1) is 27.6. The summed E-state index contributed by atoms with van der Waals surface area (Å²) >= 11 is 25.3. The Morgan fingerprint density at radius 3 is 2.31 bits per heavy atom. The van der Waals surface area contributed by atoms with Crippen LogP contribution in [0.4, 0.5) is 5.69 Å². The average Bonchev–Trinajstić information content (AvgIpc) is 3.10. The smallest absolute Gasteiger partial charge is 0.253 e. The van der Waals surface area contributed by atoms with E-state index in [0.29, 0.717) is 43.7 Å². The maximum Gasteiger partial charge on any atom is 0.253 e. The molecule has 1 heterocycles. The van der Waals surface area contributed by atoms with Crippen LogP contribution in [0.5, 0.6) is 0 Å². The number of halogens is 4. The number of hydrogen-bond acceptors (Lipinski definition) is 5. The molecule has 35 heavy (non-hydrogen) atoms. The molecular formula is C23H23Cl4N5O2S. The van der Waals surface area contributed by atoms with Gasteiger partial charge in [0.2, 0.25) is 5.91 Å². The molecule has 1 aromatic heterocycles. The molecule has 0 radical (unpaired) electrons. The van der Waals surface area contributed by atoms with E-state index in [1.165, 1.54) is 17.8 Å². The maximum absolute atomic E-state index is 12.9. The van der Waals surface area contributed by atoms with Gasteiger partial charge in [0.1, 0.15) is 0 Å². The van der Waals surface area contributed by atoms with Crippen LogP contribution >= 0.6 is 58.2 Å². The molecule has 0 saturated heterocycles. The highest BCUT2D eigenvalue weighted by Crippen LogP contribution is 2.27. The summed E-state index contributed by atoms with van der Waals surface area (Å²) in [6.45, 7) is 4.10. The Labute approximate surface area is 227 Å². The van der Waals surface area contributed by atoms with Gasteiger partial charge in [0.15, 0.2) is 11.0 Å². The highest BCUT2D eigenvalue weighted by Gasteiger charge is 2.24. The fraction of sp³-hybridized carbons (Fsp3) is 0.304. The summed E-state index contributed by atoms with van der Waals surface area (Å²) in [5.41, 5.74) is 0.826. The van der Waals surface area contributed by atoms with Crippen molar-refractivity contribution < 1.29 is 9.59 Å². The number of anilines is 1. The van der Waals surface area contributed by atoms with Gasteiger partial charge in [-0.15, -0.1) is 10.2 Å². The fourth-order valence-electron chi connectivity index (χ4n) is 3.32. The third kappa shape index (κ3) is 7.75. The Balaban J connectivity index is 1.70. The lowest BCUT2D eigenvalue weighted by Crippen LogP contribution is -2.31. The molecule has 3 aromatic rings. The molecule has 7 nitrogen and oxygen atoms in total. The molecule has 12 heteroatoms. The zero-order valence-corrected chi connectivity index (χ0v) is 23.0. The summed E-state index contributed by atoms with van der Waals surface area (Å²) in [7, 11) is 1.79. The molecular weight excluding hydrogens is 552 g/mol. The van der Waals surface area contributed by atoms with E-state index < -0.39 is 6.04 Å². The molecule has 186 valence electrons. The summed E-state index contributed by atoms with van der Waals surface area (Å²) in [5, 5.41) is 16.4. The highest BCUT2D eigenvalue weighted by molar-refractivity contribution is 7.99. The van der Waals surface area contributed by atoms with Crippen molar-refractivity contribution in [3.8, 4) is 0 Å². The molecule has 0 spiro atoms. The van der Waals surface area contributed by atoms with Crippen LogP contribution in [-0.2, 0) is 11.8 Å². The Hall–Kier alpha value is -1.97. The number of carbonyl (C=O) groups is 2. The zero-order valence-electron chi connectivity index (χ0n) is 19.1. The van der Waals surface area contributed by atoms with Crippen LogP contribution in [-0.4, -0.2) is 32.3 Å². The monoisotopic (exact) mass is 573 g/mol. The quantitative estimate of drug-likeness (QED) is 0.278. The fourth-order valence-corrected chi connectivity index (χ4v) is 5.06. The SMILES string of the molecule is CC(C)C[C@H](NC(=O)c1ccc(Cl)cc1Cl)c1nnc(SCC(=O)Nc2cc(Cl)cc(Cl)c2)n1C. The van der Waals surface area contributed by atoms with Gasteiger partial charge in [0, 0.05) is 27.8 Å². The minimum atomic E-state index is -0.413. The minimum Gasteiger partial charge on any atom is -0.342 e.